The van der Waals surface area contributed by atoms with Gasteiger partial charge in [-0.25, -0.2) is 14.8 Å². The molecule has 7 N–H and O–H groups in total. The maximum absolute atomic E-state index is 12.3. The lowest BCUT2D eigenvalue weighted by atomic mass is 10.1. The summed E-state index contributed by atoms with van der Waals surface area (Å²) in [6.45, 7) is 0.361. The first-order valence-electron chi connectivity index (χ1n) is 9.46. The lowest BCUT2D eigenvalue weighted by Gasteiger charge is -2.19. The number of anilines is 3. The monoisotopic (exact) mass is 452 g/mol. The maximum atomic E-state index is 12.3. The van der Waals surface area contributed by atoms with Crippen molar-refractivity contribution in [3.63, 3.8) is 0 Å². The number of nitrogens with two attached hydrogens (primary N) is 2. The lowest BCUT2D eigenvalue weighted by molar-refractivity contribution is -0.136. The van der Waals surface area contributed by atoms with Gasteiger partial charge in [-0.2, -0.15) is 9.97 Å². The molecule has 2 heterocycles. The van der Waals surface area contributed by atoms with E-state index in [-0.39, 0.29) is 17.3 Å². The quantitative estimate of drug-likeness (QED) is 0.294. The summed E-state index contributed by atoms with van der Waals surface area (Å²) in [5.41, 5.74) is 13.1. The number of carboxylic acid groups (broad SMARTS) is 2. The molecule has 0 radical (unpaired) electrons. The molecule has 2 aromatic heterocycles. The second-order valence-corrected chi connectivity index (χ2v) is 6.88. The summed E-state index contributed by atoms with van der Waals surface area (Å²) in [5, 5.41) is 20.0. The SMILES string of the molecule is CN(Cc1cnc2nc(N)nc(N)c2n1)c1ccc(C(=O)NC(=CCC(=O)O)C(=O)O)cc1. The second kappa shape index (κ2) is 9.55. The standard InChI is InChI=1S/C20H20N8O5/c1-28(9-11-8-23-17-15(24-11)16(21)26-20(22)27-17)12-4-2-10(3-5-12)18(31)25-13(19(32)33)6-7-14(29)30/h2-6,8H,7,9H2,1H3,(H,25,31)(H,29,30)(H,32,33)(H4,21,22,23,26,27). The van der Waals surface area contributed by atoms with E-state index in [9.17, 15) is 14.4 Å². The van der Waals surface area contributed by atoms with E-state index in [0.717, 1.165) is 11.8 Å². The van der Waals surface area contributed by atoms with Gasteiger partial charge in [0.2, 0.25) is 5.95 Å². The Labute approximate surface area is 186 Å². The first-order valence-corrected chi connectivity index (χ1v) is 9.46. The van der Waals surface area contributed by atoms with Crippen LogP contribution in [0.5, 0.6) is 0 Å². The predicted octanol–water partition coefficient (Wildman–Crippen LogP) is 0.394. The van der Waals surface area contributed by atoms with Gasteiger partial charge in [0.05, 0.1) is 24.9 Å². The van der Waals surface area contributed by atoms with Crippen LogP contribution in [0.1, 0.15) is 22.5 Å². The van der Waals surface area contributed by atoms with Crippen LogP contribution < -0.4 is 21.7 Å². The zero-order valence-corrected chi connectivity index (χ0v) is 17.4. The number of aromatic nitrogens is 4. The first kappa shape index (κ1) is 22.9. The molecular formula is C20H20N8O5. The van der Waals surface area contributed by atoms with E-state index in [0.29, 0.717) is 23.4 Å². The average molecular weight is 452 g/mol. The van der Waals surface area contributed by atoms with Crippen LogP contribution in [0, 0.1) is 0 Å². The molecule has 0 aliphatic rings. The van der Waals surface area contributed by atoms with Crippen LogP contribution in [0.25, 0.3) is 11.2 Å². The minimum absolute atomic E-state index is 0.0103. The van der Waals surface area contributed by atoms with Gasteiger partial charge in [-0.05, 0) is 30.3 Å². The Balaban J connectivity index is 1.71. The van der Waals surface area contributed by atoms with Crippen molar-refractivity contribution in [1.82, 2.24) is 25.3 Å². The van der Waals surface area contributed by atoms with Gasteiger partial charge in [0.1, 0.15) is 5.70 Å². The van der Waals surface area contributed by atoms with E-state index in [1.807, 2.05) is 4.90 Å². The molecule has 170 valence electrons. The molecule has 0 aliphatic carbocycles. The van der Waals surface area contributed by atoms with Crippen LogP contribution in [-0.2, 0) is 16.1 Å². The Morgan fingerprint density at radius 2 is 1.79 bits per heavy atom. The van der Waals surface area contributed by atoms with Crippen molar-refractivity contribution in [2.24, 2.45) is 0 Å². The van der Waals surface area contributed by atoms with E-state index < -0.39 is 30.0 Å². The normalized spacial score (nSPS) is 11.2. The molecule has 0 fully saturated rings. The van der Waals surface area contributed by atoms with Crippen molar-refractivity contribution in [3.8, 4) is 0 Å². The Bertz CT molecular complexity index is 1260. The number of hydrogen-bond donors (Lipinski definition) is 5. The fourth-order valence-corrected chi connectivity index (χ4v) is 2.84. The molecule has 0 spiro atoms. The zero-order valence-electron chi connectivity index (χ0n) is 17.4. The second-order valence-electron chi connectivity index (χ2n) is 6.88. The van der Waals surface area contributed by atoms with Gasteiger partial charge in [-0.3, -0.25) is 9.59 Å². The lowest BCUT2D eigenvalue weighted by Crippen LogP contribution is -2.27. The van der Waals surface area contributed by atoms with Gasteiger partial charge in [0.15, 0.2) is 17.0 Å². The van der Waals surface area contributed by atoms with Crippen molar-refractivity contribution in [3.05, 3.63) is 53.5 Å². The summed E-state index contributed by atoms with van der Waals surface area (Å²) in [7, 11) is 1.81. The number of hydrogen-bond acceptors (Lipinski definition) is 10. The van der Waals surface area contributed by atoms with Gasteiger partial charge in [-0.1, -0.05) is 0 Å². The van der Waals surface area contributed by atoms with Crippen molar-refractivity contribution in [1.29, 1.82) is 0 Å². The molecule has 0 atom stereocenters. The minimum Gasteiger partial charge on any atom is -0.481 e. The smallest absolute Gasteiger partial charge is 0.352 e. The number of rotatable bonds is 8. The summed E-state index contributed by atoms with van der Waals surface area (Å²) in [6, 6.07) is 6.36. The highest BCUT2D eigenvalue weighted by molar-refractivity contribution is 6.01. The van der Waals surface area contributed by atoms with Crippen LogP contribution in [0.3, 0.4) is 0 Å². The van der Waals surface area contributed by atoms with Crippen LogP contribution >= 0.6 is 0 Å². The Morgan fingerprint density at radius 1 is 1.09 bits per heavy atom. The Kier molecular flexibility index (Phi) is 6.62. The largest absolute Gasteiger partial charge is 0.481 e. The number of carbonyl (C=O) groups excluding carboxylic acids is 1. The molecular weight excluding hydrogens is 432 g/mol. The third kappa shape index (κ3) is 5.66. The highest BCUT2D eigenvalue weighted by Gasteiger charge is 2.15. The van der Waals surface area contributed by atoms with E-state index in [1.165, 1.54) is 12.1 Å². The van der Waals surface area contributed by atoms with Gasteiger partial charge in [0.25, 0.3) is 5.91 Å². The molecule has 0 saturated heterocycles. The van der Waals surface area contributed by atoms with Gasteiger partial charge in [0, 0.05) is 18.3 Å². The number of aliphatic carboxylic acids is 2. The zero-order chi connectivity index (χ0) is 24.1. The molecule has 33 heavy (non-hydrogen) atoms. The maximum Gasteiger partial charge on any atom is 0.352 e. The van der Waals surface area contributed by atoms with Gasteiger partial charge in [-0.15, -0.1) is 0 Å². The number of benzene rings is 1. The summed E-state index contributed by atoms with van der Waals surface area (Å²) in [4.78, 5) is 52.5. The molecule has 0 unspecified atom stereocenters. The third-order valence-electron chi connectivity index (χ3n) is 4.43. The topological polar surface area (TPSA) is 211 Å². The van der Waals surface area contributed by atoms with Crippen LogP contribution in [0.4, 0.5) is 17.5 Å². The number of carbonyl (C=O) groups is 3. The van der Waals surface area contributed by atoms with Gasteiger partial charge < -0.3 is 31.9 Å². The van der Waals surface area contributed by atoms with Crippen LogP contribution in [0.15, 0.2) is 42.2 Å². The number of fused-ring (bicyclic) bond motifs is 1. The molecule has 1 amide bonds. The highest BCUT2D eigenvalue weighted by Crippen LogP contribution is 2.19. The molecule has 1 aromatic carbocycles. The van der Waals surface area contributed by atoms with Gasteiger partial charge >= 0.3 is 11.9 Å². The van der Waals surface area contributed by atoms with Crippen molar-refractivity contribution >= 4 is 46.5 Å². The van der Waals surface area contributed by atoms with E-state index >= 15 is 0 Å². The fourth-order valence-electron chi connectivity index (χ4n) is 2.84. The van der Waals surface area contributed by atoms with E-state index in [2.05, 4.69) is 25.3 Å². The summed E-state index contributed by atoms with van der Waals surface area (Å²) < 4.78 is 0. The molecule has 13 nitrogen and oxygen atoms in total. The van der Waals surface area contributed by atoms with Crippen LogP contribution in [-0.4, -0.2) is 55.0 Å². The fraction of sp³-hybridized carbons (Fsp3) is 0.150. The van der Waals surface area contributed by atoms with Crippen molar-refractivity contribution < 1.29 is 24.6 Å². The Hall–Kier alpha value is -4.81. The summed E-state index contributed by atoms with van der Waals surface area (Å²) in [5.74, 6) is -3.20. The molecule has 3 rings (SSSR count). The van der Waals surface area contributed by atoms with Crippen molar-refractivity contribution in [2.45, 2.75) is 13.0 Å². The molecule has 0 bridgehead atoms. The number of nitrogen functional groups attached to an aromatic ring is 2. The van der Waals surface area contributed by atoms with E-state index in [1.54, 1.807) is 25.4 Å². The molecule has 0 saturated carbocycles. The highest BCUT2D eigenvalue weighted by atomic mass is 16.4. The Morgan fingerprint density at radius 3 is 2.42 bits per heavy atom. The average Bonchev–Trinajstić information content (AvgIpc) is 2.76. The number of carboxylic acids is 2. The molecule has 3 aromatic rings. The van der Waals surface area contributed by atoms with Crippen molar-refractivity contribution in [2.75, 3.05) is 23.4 Å². The number of nitrogens with zero attached hydrogens (tertiary/aromatic N) is 5. The first-order chi connectivity index (χ1) is 15.6. The van der Waals surface area contributed by atoms with Crippen LogP contribution in [0.2, 0.25) is 0 Å². The summed E-state index contributed by atoms with van der Waals surface area (Å²) in [6.07, 6.45) is 1.93. The molecule has 0 aliphatic heterocycles. The summed E-state index contributed by atoms with van der Waals surface area (Å²) >= 11 is 0. The molecule has 13 heteroatoms. The number of nitrogens with one attached hydrogen (secondary N) is 1. The number of amides is 1. The predicted molar refractivity (Wildman–Crippen MR) is 118 cm³/mol. The third-order valence-corrected chi connectivity index (χ3v) is 4.43. The van der Waals surface area contributed by atoms with E-state index in [4.69, 9.17) is 21.7 Å². The minimum atomic E-state index is -1.44.